The molecule has 0 heterocycles. The van der Waals surface area contributed by atoms with E-state index in [1.165, 1.54) is 25.7 Å². The molecule has 28 heavy (non-hydrogen) atoms. The molecule has 0 radical (unpaired) electrons. The van der Waals surface area contributed by atoms with Crippen LogP contribution in [0.15, 0.2) is 12.1 Å². The van der Waals surface area contributed by atoms with E-state index in [1.54, 1.807) is 0 Å². The molecule has 3 nitrogen and oxygen atoms in total. The smallest absolute Gasteiger partial charge is 0.306 e. The zero-order valence-electron chi connectivity index (χ0n) is 19.2. The number of phenols is 1. The summed E-state index contributed by atoms with van der Waals surface area (Å²) < 4.78 is 0. The summed E-state index contributed by atoms with van der Waals surface area (Å²) in [5, 5.41) is 20.6. The first-order valence-corrected chi connectivity index (χ1v) is 11.0. The van der Waals surface area contributed by atoms with E-state index in [1.807, 2.05) is 12.1 Å². The molecule has 3 heteroatoms. The van der Waals surface area contributed by atoms with Gasteiger partial charge in [-0.05, 0) is 40.4 Å². The highest BCUT2D eigenvalue weighted by atomic mass is 16.4. The Hall–Kier alpha value is -1.51. The van der Waals surface area contributed by atoms with Crippen molar-refractivity contribution in [2.24, 2.45) is 5.92 Å². The van der Waals surface area contributed by atoms with E-state index in [2.05, 4.69) is 48.5 Å². The fourth-order valence-corrected chi connectivity index (χ4v) is 3.72. The third kappa shape index (κ3) is 7.48. The van der Waals surface area contributed by atoms with Crippen molar-refractivity contribution in [2.45, 2.75) is 111 Å². The van der Waals surface area contributed by atoms with Gasteiger partial charge in [-0.2, -0.15) is 0 Å². The molecule has 2 N–H and O–H groups in total. The van der Waals surface area contributed by atoms with Crippen LogP contribution in [-0.4, -0.2) is 16.2 Å². The van der Waals surface area contributed by atoms with Gasteiger partial charge in [0.2, 0.25) is 0 Å². The van der Waals surface area contributed by atoms with E-state index in [4.69, 9.17) is 0 Å². The summed E-state index contributed by atoms with van der Waals surface area (Å²) in [5.74, 6) is -0.723. The number of carboxylic acids is 1. The number of aromatic hydroxyl groups is 1. The second kappa shape index (κ2) is 10.3. The molecule has 0 aliphatic heterocycles. The van der Waals surface area contributed by atoms with Gasteiger partial charge in [-0.25, -0.2) is 0 Å². The minimum Gasteiger partial charge on any atom is -0.507 e. The van der Waals surface area contributed by atoms with Crippen molar-refractivity contribution in [1.29, 1.82) is 0 Å². The lowest BCUT2D eigenvalue weighted by molar-refractivity contribution is -0.142. The van der Waals surface area contributed by atoms with Gasteiger partial charge in [-0.1, -0.05) is 99.1 Å². The predicted octanol–water partition coefficient (Wildman–Crippen LogP) is 6.98. The Morgan fingerprint density at radius 1 is 0.893 bits per heavy atom. The summed E-state index contributed by atoms with van der Waals surface area (Å²) in [4.78, 5) is 11.9. The number of carboxylic acid groups (broad SMARTS) is 1. The number of hydrogen-bond acceptors (Lipinski definition) is 2. The van der Waals surface area contributed by atoms with E-state index in [-0.39, 0.29) is 16.7 Å². The van der Waals surface area contributed by atoms with Gasteiger partial charge in [0, 0.05) is 0 Å². The van der Waals surface area contributed by atoms with Gasteiger partial charge in [-0.15, -0.1) is 0 Å². The fraction of sp³-hybridized carbons (Fsp3) is 0.720. The molecular formula is C25H42O3. The number of hydrogen-bond donors (Lipinski definition) is 2. The van der Waals surface area contributed by atoms with Crippen molar-refractivity contribution in [3.63, 3.8) is 0 Å². The highest BCUT2D eigenvalue weighted by Crippen LogP contribution is 2.40. The zero-order chi connectivity index (χ0) is 21.5. The minimum absolute atomic E-state index is 0.196. The monoisotopic (exact) mass is 390 g/mol. The molecule has 1 aromatic carbocycles. The molecule has 0 bridgehead atoms. The van der Waals surface area contributed by atoms with Crippen LogP contribution in [0.25, 0.3) is 0 Å². The van der Waals surface area contributed by atoms with E-state index in [0.717, 1.165) is 36.0 Å². The Morgan fingerprint density at radius 3 is 1.79 bits per heavy atom. The van der Waals surface area contributed by atoms with Crippen LogP contribution in [0.3, 0.4) is 0 Å². The molecule has 1 unspecified atom stereocenters. The quantitative estimate of drug-likeness (QED) is 0.424. The van der Waals surface area contributed by atoms with Crippen molar-refractivity contribution in [1.82, 2.24) is 0 Å². The van der Waals surface area contributed by atoms with Crippen LogP contribution in [0, 0.1) is 5.92 Å². The number of aliphatic carboxylic acids is 1. The van der Waals surface area contributed by atoms with Crippen molar-refractivity contribution in [3.05, 3.63) is 28.8 Å². The van der Waals surface area contributed by atoms with Gasteiger partial charge in [-0.3, -0.25) is 4.79 Å². The van der Waals surface area contributed by atoms with Gasteiger partial charge in [0.15, 0.2) is 0 Å². The summed E-state index contributed by atoms with van der Waals surface area (Å²) in [6.45, 7) is 14.7. The van der Waals surface area contributed by atoms with Crippen molar-refractivity contribution < 1.29 is 15.0 Å². The van der Waals surface area contributed by atoms with Crippen LogP contribution in [0.4, 0.5) is 0 Å². The maximum Gasteiger partial charge on any atom is 0.306 e. The third-order valence-corrected chi connectivity index (χ3v) is 5.52. The lowest BCUT2D eigenvalue weighted by Gasteiger charge is -2.28. The molecule has 0 aliphatic carbocycles. The minimum atomic E-state index is -0.712. The van der Waals surface area contributed by atoms with Crippen LogP contribution in [0.1, 0.15) is 110 Å². The molecule has 0 saturated heterocycles. The molecule has 0 saturated carbocycles. The second-order valence-corrected chi connectivity index (χ2v) is 10.3. The average Bonchev–Trinajstić information content (AvgIpc) is 2.55. The van der Waals surface area contributed by atoms with Crippen LogP contribution < -0.4 is 0 Å². The molecule has 0 aromatic heterocycles. The summed E-state index contributed by atoms with van der Waals surface area (Å²) in [5.41, 5.74) is 2.43. The summed E-state index contributed by atoms with van der Waals surface area (Å²) in [6.07, 6.45) is 8.26. The SMILES string of the molecule is CCCCCCCCC(Cc1cc(C(C)(C)C)c(O)c(C(C)(C)C)c1)C(=O)O. The zero-order valence-corrected chi connectivity index (χ0v) is 19.2. The molecule has 0 amide bonds. The highest BCUT2D eigenvalue weighted by molar-refractivity contribution is 5.70. The lowest BCUT2D eigenvalue weighted by Crippen LogP contribution is -2.20. The van der Waals surface area contributed by atoms with E-state index in [0.29, 0.717) is 12.2 Å². The Kier molecular flexibility index (Phi) is 9.04. The standard InChI is InChI=1S/C25H42O3/c1-8-9-10-11-12-13-14-19(23(27)28)15-18-16-20(24(2,3)4)22(26)21(17-18)25(5,6)7/h16-17,19,26H,8-15H2,1-7H3,(H,27,28). The number of rotatable bonds is 10. The van der Waals surface area contributed by atoms with Crippen molar-refractivity contribution in [2.75, 3.05) is 0 Å². The van der Waals surface area contributed by atoms with Gasteiger partial charge in [0.25, 0.3) is 0 Å². The Bertz CT molecular complexity index is 597. The largest absolute Gasteiger partial charge is 0.507 e. The summed E-state index contributed by atoms with van der Waals surface area (Å²) in [6, 6.07) is 4.03. The Balaban J connectivity index is 3.01. The molecule has 1 rings (SSSR count). The van der Waals surface area contributed by atoms with Crippen LogP contribution >= 0.6 is 0 Å². The molecule has 1 atom stereocenters. The Labute approximate surface area is 172 Å². The van der Waals surface area contributed by atoms with E-state index >= 15 is 0 Å². The molecule has 160 valence electrons. The van der Waals surface area contributed by atoms with Crippen LogP contribution in [0.5, 0.6) is 5.75 Å². The van der Waals surface area contributed by atoms with Gasteiger partial charge in [0.05, 0.1) is 5.92 Å². The first-order chi connectivity index (χ1) is 12.9. The van der Waals surface area contributed by atoms with E-state index in [9.17, 15) is 15.0 Å². The maximum absolute atomic E-state index is 11.9. The first kappa shape index (κ1) is 24.5. The number of phenolic OH excluding ortho intramolecular Hbond substituents is 1. The number of unbranched alkanes of at least 4 members (excludes halogenated alkanes) is 5. The van der Waals surface area contributed by atoms with E-state index < -0.39 is 5.97 Å². The number of benzene rings is 1. The summed E-state index contributed by atoms with van der Waals surface area (Å²) in [7, 11) is 0. The highest BCUT2D eigenvalue weighted by Gasteiger charge is 2.27. The molecule has 0 fully saturated rings. The maximum atomic E-state index is 11.9. The molecule has 1 aromatic rings. The normalized spacial score (nSPS) is 13.5. The molecule has 0 aliphatic rings. The topological polar surface area (TPSA) is 57.5 Å². The van der Waals surface area contributed by atoms with Crippen LogP contribution in [0.2, 0.25) is 0 Å². The van der Waals surface area contributed by atoms with Gasteiger partial charge >= 0.3 is 5.97 Å². The van der Waals surface area contributed by atoms with Gasteiger partial charge in [0.1, 0.15) is 5.75 Å². The third-order valence-electron chi connectivity index (χ3n) is 5.52. The first-order valence-electron chi connectivity index (χ1n) is 11.0. The average molecular weight is 391 g/mol. The number of carbonyl (C=O) groups is 1. The van der Waals surface area contributed by atoms with Gasteiger partial charge < -0.3 is 10.2 Å². The van der Waals surface area contributed by atoms with Crippen molar-refractivity contribution in [3.8, 4) is 5.75 Å². The predicted molar refractivity (Wildman–Crippen MR) is 118 cm³/mol. The second-order valence-electron chi connectivity index (χ2n) is 10.3. The molecule has 0 spiro atoms. The lowest BCUT2D eigenvalue weighted by atomic mass is 9.77. The fourth-order valence-electron chi connectivity index (χ4n) is 3.72. The van der Waals surface area contributed by atoms with Crippen molar-refractivity contribution >= 4 is 5.97 Å². The molecular weight excluding hydrogens is 348 g/mol. The summed E-state index contributed by atoms with van der Waals surface area (Å²) >= 11 is 0. The Morgan fingerprint density at radius 2 is 1.36 bits per heavy atom. The van der Waals surface area contributed by atoms with Crippen LogP contribution in [-0.2, 0) is 22.0 Å².